The van der Waals surface area contributed by atoms with Crippen LogP contribution in [0, 0.1) is 0 Å². The van der Waals surface area contributed by atoms with Crippen LogP contribution < -0.4 is 5.56 Å². The van der Waals surface area contributed by atoms with Gasteiger partial charge in [-0.1, -0.05) is 16.3 Å². The molecule has 2 aromatic rings. The van der Waals surface area contributed by atoms with E-state index < -0.39 is 0 Å². The maximum Gasteiger partial charge on any atom is 0.275 e. The molecule has 2 N–H and O–H groups in total. The first-order chi connectivity index (χ1) is 10.2. The zero-order chi connectivity index (χ0) is 14.8. The van der Waals surface area contributed by atoms with E-state index in [2.05, 4.69) is 35.9 Å². The lowest BCUT2D eigenvalue weighted by Crippen LogP contribution is -2.26. The number of H-pyrrole nitrogens is 2. The van der Waals surface area contributed by atoms with Crippen LogP contribution in [0.25, 0.3) is 11.0 Å². The summed E-state index contributed by atoms with van der Waals surface area (Å²) in [7, 11) is 2.82. The Bertz CT molecular complexity index is 668. The molecule has 0 bridgehead atoms. The van der Waals surface area contributed by atoms with Gasteiger partial charge in [0.15, 0.2) is 0 Å². The van der Waals surface area contributed by atoms with E-state index in [-0.39, 0.29) is 11.6 Å². The van der Waals surface area contributed by atoms with Gasteiger partial charge in [-0.05, 0) is 19.3 Å². The first-order valence-electron chi connectivity index (χ1n) is 7.37. The second-order valence-electron chi connectivity index (χ2n) is 5.47. The second kappa shape index (κ2) is 6.26. The highest BCUT2D eigenvalue weighted by Crippen LogP contribution is 2.40. The molecule has 7 heteroatoms. The fraction of sp³-hybridized carbons (Fsp3) is 0.571. The summed E-state index contributed by atoms with van der Waals surface area (Å²) in [4.78, 5) is 21.7. The van der Waals surface area contributed by atoms with Gasteiger partial charge in [-0.15, -0.1) is 0 Å². The zero-order valence-corrected chi connectivity index (χ0v) is 13.3. The van der Waals surface area contributed by atoms with Crippen molar-refractivity contribution in [3.63, 3.8) is 0 Å². The molecule has 1 fully saturated rings. The number of fused-ring (bicyclic) bond motifs is 1. The average Bonchev–Trinajstić information content (AvgIpc) is 3.05. The first-order valence-corrected chi connectivity index (χ1v) is 7.89. The van der Waals surface area contributed by atoms with Crippen molar-refractivity contribution >= 4 is 20.4 Å². The minimum atomic E-state index is -0.123. The number of aromatic nitrogens is 3. The molecule has 21 heavy (non-hydrogen) atoms. The summed E-state index contributed by atoms with van der Waals surface area (Å²) in [5.41, 5.74) is 2.29. The van der Waals surface area contributed by atoms with Gasteiger partial charge in [0.05, 0.1) is 12.9 Å². The van der Waals surface area contributed by atoms with E-state index in [1.165, 1.54) is 6.33 Å². The highest BCUT2D eigenvalue weighted by molar-refractivity contribution is 7.13. The normalized spacial score (nSPS) is 23.1. The molecular formula is C14H21N4O2P. The molecule has 1 unspecified atom stereocenters. The molecule has 0 aromatic carbocycles. The van der Waals surface area contributed by atoms with Gasteiger partial charge in [-0.25, -0.2) is 4.98 Å². The van der Waals surface area contributed by atoms with Crippen molar-refractivity contribution in [2.75, 3.05) is 13.2 Å². The molecule has 0 spiro atoms. The van der Waals surface area contributed by atoms with Gasteiger partial charge in [0.1, 0.15) is 11.0 Å². The van der Waals surface area contributed by atoms with Crippen LogP contribution in [0.3, 0.4) is 0 Å². The van der Waals surface area contributed by atoms with Gasteiger partial charge >= 0.3 is 0 Å². The van der Waals surface area contributed by atoms with Crippen LogP contribution in [0.2, 0.25) is 0 Å². The Morgan fingerprint density at radius 2 is 2.33 bits per heavy atom. The van der Waals surface area contributed by atoms with Crippen molar-refractivity contribution in [3.05, 3.63) is 28.4 Å². The minimum absolute atomic E-state index is 0.123. The van der Waals surface area contributed by atoms with Crippen LogP contribution in [0.4, 0.5) is 0 Å². The van der Waals surface area contributed by atoms with E-state index in [9.17, 15) is 4.79 Å². The van der Waals surface area contributed by atoms with Gasteiger partial charge < -0.3 is 14.7 Å². The fourth-order valence-electron chi connectivity index (χ4n) is 2.98. The molecule has 1 aliphatic heterocycles. The number of aromatic amines is 2. The molecule has 1 aliphatic rings. The lowest BCUT2D eigenvalue weighted by Gasteiger charge is -2.24. The minimum Gasteiger partial charge on any atom is -0.380 e. The Morgan fingerprint density at radius 1 is 1.48 bits per heavy atom. The van der Waals surface area contributed by atoms with Gasteiger partial charge in [-0.3, -0.25) is 9.46 Å². The van der Waals surface area contributed by atoms with Crippen LogP contribution in [-0.2, 0) is 4.74 Å². The van der Waals surface area contributed by atoms with Crippen molar-refractivity contribution in [2.45, 2.75) is 38.3 Å². The van der Waals surface area contributed by atoms with Gasteiger partial charge in [0.2, 0.25) is 0 Å². The molecule has 3 rings (SSSR count). The van der Waals surface area contributed by atoms with Crippen molar-refractivity contribution in [3.8, 4) is 0 Å². The van der Waals surface area contributed by atoms with Crippen molar-refractivity contribution < 1.29 is 4.74 Å². The number of ether oxygens (including phenoxy) is 1. The first kappa shape index (κ1) is 14.7. The third kappa shape index (κ3) is 2.76. The maximum absolute atomic E-state index is 11.8. The zero-order valence-electron chi connectivity index (χ0n) is 12.1. The summed E-state index contributed by atoms with van der Waals surface area (Å²) in [5.74, 6) is 0. The van der Waals surface area contributed by atoms with Crippen molar-refractivity contribution in [2.24, 2.45) is 0 Å². The summed E-state index contributed by atoms with van der Waals surface area (Å²) in [6.45, 7) is 3.68. The number of nitrogens with zero attached hydrogens (tertiary/aromatic N) is 2. The molecular weight excluding hydrogens is 287 g/mol. The molecule has 0 radical (unpaired) electrons. The second-order valence-corrected chi connectivity index (χ2v) is 6.06. The topological polar surface area (TPSA) is 74.0 Å². The predicted octanol–water partition coefficient (Wildman–Crippen LogP) is 1.97. The quantitative estimate of drug-likeness (QED) is 0.654. The molecule has 0 aliphatic carbocycles. The summed E-state index contributed by atoms with van der Waals surface area (Å²) in [5, 5.41) is 0. The van der Waals surface area contributed by atoms with Crippen LogP contribution in [0.15, 0.2) is 17.3 Å². The Kier molecular flexibility index (Phi) is 4.38. The average molecular weight is 308 g/mol. The molecule has 3 atom stereocenters. The Hall–Kier alpha value is -1.23. The van der Waals surface area contributed by atoms with Crippen LogP contribution >= 0.6 is 9.39 Å². The number of nitrogens with one attached hydrogen (secondary N) is 2. The standard InChI is InChI=1S/C14H21N4O2P/c1-2-5-20-7-9-3-4-11(18(9)21)10-6-15-13-12(10)16-8-17-14(13)19/h6,8-9,11,15H,2-5,7,21H2,1H3,(H,16,17,19)/t9-,11+/m0/s1. The van der Waals surface area contributed by atoms with E-state index in [1.54, 1.807) is 0 Å². The SMILES string of the molecule is CCCOC[C@@H]1CC[C@H](c2c[nH]c3c(=O)[nH]cnc23)N1P. The van der Waals surface area contributed by atoms with E-state index in [1.807, 2.05) is 6.20 Å². The van der Waals surface area contributed by atoms with Crippen LogP contribution in [0.1, 0.15) is 37.8 Å². The van der Waals surface area contributed by atoms with Gasteiger partial charge in [0.25, 0.3) is 5.56 Å². The van der Waals surface area contributed by atoms with E-state index in [0.717, 1.165) is 43.6 Å². The molecule has 3 heterocycles. The van der Waals surface area contributed by atoms with E-state index in [4.69, 9.17) is 4.74 Å². The lowest BCUT2D eigenvalue weighted by molar-refractivity contribution is 0.0973. The summed E-state index contributed by atoms with van der Waals surface area (Å²) >= 11 is 0. The molecule has 0 amide bonds. The molecule has 0 saturated carbocycles. The summed E-state index contributed by atoms with van der Waals surface area (Å²) < 4.78 is 7.94. The van der Waals surface area contributed by atoms with E-state index in [0.29, 0.717) is 11.6 Å². The Morgan fingerprint density at radius 3 is 3.14 bits per heavy atom. The lowest BCUT2D eigenvalue weighted by atomic mass is 10.1. The van der Waals surface area contributed by atoms with Crippen LogP contribution in [0.5, 0.6) is 0 Å². The number of hydrogen-bond donors (Lipinski definition) is 2. The highest BCUT2D eigenvalue weighted by atomic mass is 31.0. The monoisotopic (exact) mass is 308 g/mol. The molecule has 6 nitrogen and oxygen atoms in total. The predicted molar refractivity (Wildman–Crippen MR) is 85.1 cm³/mol. The molecule has 1 saturated heterocycles. The molecule has 114 valence electrons. The molecule has 2 aromatic heterocycles. The largest absolute Gasteiger partial charge is 0.380 e. The fourth-order valence-corrected chi connectivity index (χ4v) is 3.52. The van der Waals surface area contributed by atoms with Gasteiger partial charge in [-0.2, -0.15) is 0 Å². The van der Waals surface area contributed by atoms with Gasteiger partial charge in [0, 0.05) is 30.5 Å². The third-order valence-electron chi connectivity index (χ3n) is 4.07. The smallest absolute Gasteiger partial charge is 0.275 e. The van der Waals surface area contributed by atoms with Crippen molar-refractivity contribution in [1.82, 2.24) is 19.6 Å². The van der Waals surface area contributed by atoms with Crippen molar-refractivity contribution in [1.29, 1.82) is 0 Å². The number of hydrogen-bond acceptors (Lipinski definition) is 4. The third-order valence-corrected chi connectivity index (χ3v) is 4.85. The highest BCUT2D eigenvalue weighted by Gasteiger charge is 2.33. The maximum atomic E-state index is 11.8. The Balaban J connectivity index is 1.80. The van der Waals surface area contributed by atoms with Crippen LogP contribution in [-0.4, -0.2) is 38.9 Å². The summed E-state index contributed by atoms with van der Waals surface area (Å²) in [6, 6.07) is 0.659. The number of rotatable bonds is 5. The summed E-state index contributed by atoms with van der Waals surface area (Å²) in [6.07, 6.45) is 6.55. The van der Waals surface area contributed by atoms with E-state index >= 15 is 0 Å². The Labute approximate surface area is 125 Å².